The summed E-state index contributed by atoms with van der Waals surface area (Å²) < 4.78 is 5.81. The fourth-order valence-corrected chi connectivity index (χ4v) is 3.72. The van der Waals surface area contributed by atoms with Crippen molar-refractivity contribution in [2.24, 2.45) is 0 Å². The minimum absolute atomic E-state index is 0.738. The molecule has 0 saturated carbocycles. The highest BCUT2D eigenvalue weighted by Crippen LogP contribution is 2.22. The molecule has 0 aliphatic carbocycles. The Morgan fingerprint density at radius 1 is 1.30 bits per heavy atom. The number of hydrogen-bond acceptors (Lipinski definition) is 4. The predicted octanol–water partition coefficient (Wildman–Crippen LogP) is 4.38. The number of aryl methyl sites for hydroxylation is 1. The molecule has 0 aliphatic heterocycles. The van der Waals surface area contributed by atoms with E-state index in [2.05, 4.69) is 42.7 Å². The first-order chi connectivity index (χ1) is 9.79. The zero-order valence-corrected chi connectivity index (χ0v) is 13.9. The van der Waals surface area contributed by atoms with Crippen molar-refractivity contribution in [1.29, 1.82) is 0 Å². The summed E-state index contributed by atoms with van der Waals surface area (Å²) in [6.07, 6.45) is 2.20. The van der Waals surface area contributed by atoms with Crippen LogP contribution in [0.2, 0.25) is 0 Å². The normalized spacial score (nSPS) is 11.1. The molecule has 1 N–H and O–H groups in total. The topological polar surface area (TPSA) is 21.3 Å². The van der Waals surface area contributed by atoms with E-state index in [1.54, 1.807) is 11.3 Å². The Morgan fingerprint density at radius 2 is 2.20 bits per heavy atom. The molecule has 20 heavy (non-hydrogen) atoms. The van der Waals surface area contributed by atoms with Crippen molar-refractivity contribution in [3.63, 3.8) is 0 Å². The third kappa shape index (κ3) is 5.02. The molecule has 0 radical (unpaired) electrons. The van der Waals surface area contributed by atoms with Crippen molar-refractivity contribution in [2.75, 3.05) is 13.2 Å². The second-order valence-corrected chi connectivity index (χ2v) is 7.23. The number of thiophene rings is 2. The van der Waals surface area contributed by atoms with Gasteiger partial charge in [-0.25, -0.2) is 0 Å². The molecule has 2 aromatic heterocycles. The average Bonchev–Trinajstić information content (AvgIpc) is 3.05. The summed E-state index contributed by atoms with van der Waals surface area (Å²) in [5, 5.41) is 5.57. The summed E-state index contributed by atoms with van der Waals surface area (Å²) in [7, 11) is 0. The lowest BCUT2D eigenvalue weighted by Crippen LogP contribution is -2.12. The van der Waals surface area contributed by atoms with E-state index in [-0.39, 0.29) is 0 Å². The van der Waals surface area contributed by atoms with Gasteiger partial charge in [0.2, 0.25) is 0 Å². The number of hydrogen-bond donors (Lipinski definition) is 1. The van der Waals surface area contributed by atoms with Gasteiger partial charge in [-0.2, -0.15) is 0 Å². The largest absolute Gasteiger partial charge is 0.376 e. The maximum atomic E-state index is 5.81. The van der Waals surface area contributed by atoms with Gasteiger partial charge < -0.3 is 10.1 Å². The van der Waals surface area contributed by atoms with E-state index in [0.29, 0.717) is 0 Å². The van der Waals surface area contributed by atoms with Gasteiger partial charge in [-0.15, -0.1) is 22.7 Å². The van der Waals surface area contributed by atoms with Crippen molar-refractivity contribution in [1.82, 2.24) is 5.32 Å². The van der Waals surface area contributed by atoms with Crippen LogP contribution in [0.3, 0.4) is 0 Å². The summed E-state index contributed by atoms with van der Waals surface area (Å²) in [5.41, 5.74) is 1.34. The van der Waals surface area contributed by atoms with E-state index < -0.39 is 0 Å². The molecule has 2 heterocycles. The van der Waals surface area contributed by atoms with E-state index in [1.807, 2.05) is 11.3 Å². The summed E-state index contributed by atoms with van der Waals surface area (Å²) in [6.45, 7) is 7.99. The third-order valence-electron chi connectivity index (χ3n) is 3.13. The van der Waals surface area contributed by atoms with Gasteiger partial charge in [0, 0.05) is 27.6 Å². The van der Waals surface area contributed by atoms with Crippen LogP contribution in [0.5, 0.6) is 0 Å². The molecule has 0 amide bonds. The quantitative estimate of drug-likeness (QED) is 0.694. The minimum atomic E-state index is 0.738. The zero-order valence-electron chi connectivity index (χ0n) is 12.3. The summed E-state index contributed by atoms with van der Waals surface area (Å²) >= 11 is 3.68. The van der Waals surface area contributed by atoms with Crippen LogP contribution in [0.4, 0.5) is 0 Å². The number of ether oxygens (including phenoxy) is 1. The monoisotopic (exact) mass is 309 g/mol. The predicted molar refractivity (Wildman–Crippen MR) is 88.7 cm³/mol. The van der Waals surface area contributed by atoms with Crippen LogP contribution in [0.25, 0.3) is 0 Å². The van der Waals surface area contributed by atoms with Crippen molar-refractivity contribution in [2.45, 2.75) is 39.8 Å². The average molecular weight is 310 g/mol. The molecular formula is C16H23NOS2. The summed E-state index contributed by atoms with van der Waals surface area (Å²) in [5.74, 6) is 0. The molecule has 2 aromatic rings. The van der Waals surface area contributed by atoms with Crippen LogP contribution in [0.15, 0.2) is 23.6 Å². The van der Waals surface area contributed by atoms with Gasteiger partial charge in [-0.05, 0) is 43.0 Å². The van der Waals surface area contributed by atoms with Crippen LogP contribution in [-0.2, 0) is 24.3 Å². The Labute approximate surface area is 129 Å². The Hall–Kier alpha value is -0.680. The fourth-order valence-electron chi connectivity index (χ4n) is 2.02. The molecule has 0 spiro atoms. The lowest BCUT2D eigenvalue weighted by Gasteiger charge is -2.02. The van der Waals surface area contributed by atoms with Crippen LogP contribution >= 0.6 is 22.7 Å². The van der Waals surface area contributed by atoms with Crippen LogP contribution < -0.4 is 5.32 Å². The zero-order chi connectivity index (χ0) is 14.2. The van der Waals surface area contributed by atoms with Crippen LogP contribution in [0.1, 0.15) is 33.5 Å². The highest BCUT2D eigenvalue weighted by atomic mass is 32.1. The molecule has 0 unspecified atom stereocenters. The molecular weight excluding hydrogens is 286 g/mol. The standard InChI is InChI=1S/C16H23NOS2/c1-3-7-17-11-16-10-14(13(2)20-16)12-18-8-6-15-5-4-9-19-15/h4-5,9-10,17H,3,6-8,11-12H2,1-2H3. The molecule has 0 aliphatic rings. The molecule has 0 aromatic carbocycles. The van der Waals surface area contributed by atoms with E-state index in [4.69, 9.17) is 4.74 Å². The Balaban J connectivity index is 1.72. The summed E-state index contributed by atoms with van der Waals surface area (Å²) in [6, 6.07) is 6.55. The first-order valence-electron chi connectivity index (χ1n) is 7.18. The maximum absolute atomic E-state index is 5.81. The molecule has 0 bridgehead atoms. The van der Waals surface area contributed by atoms with Gasteiger partial charge in [0.1, 0.15) is 0 Å². The minimum Gasteiger partial charge on any atom is -0.376 e. The number of nitrogens with one attached hydrogen (secondary N) is 1. The molecule has 0 saturated heterocycles. The highest BCUT2D eigenvalue weighted by Gasteiger charge is 2.05. The van der Waals surface area contributed by atoms with Gasteiger partial charge in [0.05, 0.1) is 13.2 Å². The fraction of sp³-hybridized carbons (Fsp3) is 0.500. The van der Waals surface area contributed by atoms with Gasteiger partial charge in [-0.3, -0.25) is 0 Å². The van der Waals surface area contributed by atoms with Gasteiger partial charge in [-0.1, -0.05) is 13.0 Å². The number of rotatable bonds is 9. The van der Waals surface area contributed by atoms with Gasteiger partial charge >= 0.3 is 0 Å². The molecule has 2 rings (SSSR count). The van der Waals surface area contributed by atoms with Crippen molar-refractivity contribution >= 4 is 22.7 Å². The molecule has 4 heteroatoms. The van der Waals surface area contributed by atoms with Crippen LogP contribution in [-0.4, -0.2) is 13.2 Å². The lowest BCUT2D eigenvalue weighted by atomic mass is 10.2. The Bertz CT molecular complexity index is 491. The van der Waals surface area contributed by atoms with Gasteiger partial charge in [0.25, 0.3) is 0 Å². The van der Waals surface area contributed by atoms with Crippen molar-refractivity contribution < 1.29 is 4.74 Å². The van der Waals surface area contributed by atoms with E-state index in [1.165, 1.54) is 26.6 Å². The molecule has 0 atom stereocenters. The molecule has 0 fully saturated rings. The van der Waals surface area contributed by atoms with E-state index >= 15 is 0 Å². The lowest BCUT2D eigenvalue weighted by molar-refractivity contribution is 0.124. The first-order valence-corrected chi connectivity index (χ1v) is 8.88. The second kappa shape index (κ2) is 8.57. The Morgan fingerprint density at radius 3 is 2.95 bits per heavy atom. The van der Waals surface area contributed by atoms with Crippen molar-refractivity contribution in [3.05, 3.63) is 43.8 Å². The first kappa shape index (κ1) is 15.7. The Kier molecular flexibility index (Phi) is 6.73. The van der Waals surface area contributed by atoms with E-state index in [9.17, 15) is 0 Å². The van der Waals surface area contributed by atoms with Crippen molar-refractivity contribution in [3.8, 4) is 0 Å². The maximum Gasteiger partial charge on any atom is 0.0727 e. The smallest absolute Gasteiger partial charge is 0.0727 e. The highest BCUT2D eigenvalue weighted by molar-refractivity contribution is 7.12. The third-order valence-corrected chi connectivity index (χ3v) is 5.16. The molecule has 2 nitrogen and oxygen atoms in total. The molecule has 110 valence electrons. The second-order valence-electron chi connectivity index (χ2n) is 4.85. The van der Waals surface area contributed by atoms with E-state index in [0.717, 1.165) is 32.7 Å². The van der Waals surface area contributed by atoms with Gasteiger partial charge in [0.15, 0.2) is 0 Å². The SMILES string of the molecule is CCCNCc1cc(COCCc2cccs2)c(C)s1. The summed E-state index contributed by atoms with van der Waals surface area (Å²) in [4.78, 5) is 4.19. The van der Waals surface area contributed by atoms with Crippen LogP contribution in [0, 0.1) is 6.92 Å².